The Bertz CT molecular complexity index is 1130. The van der Waals surface area contributed by atoms with Crippen LogP contribution in [0.4, 0.5) is 4.79 Å². The summed E-state index contributed by atoms with van der Waals surface area (Å²) in [4.78, 5) is 17.0. The molecule has 4 rings (SSSR count). The van der Waals surface area contributed by atoms with Gasteiger partial charge in [0.1, 0.15) is 11.9 Å². The first-order valence-corrected chi connectivity index (χ1v) is 10.3. The van der Waals surface area contributed by atoms with Gasteiger partial charge in [-0.3, -0.25) is 0 Å². The van der Waals surface area contributed by atoms with E-state index in [1.807, 2.05) is 54.2 Å². The number of urea groups is 1. The van der Waals surface area contributed by atoms with E-state index in [0.29, 0.717) is 11.6 Å². The Hall–Kier alpha value is -3.25. The largest absolute Gasteiger partial charge is 0.347 e. The average Bonchev–Trinajstić information content (AvgIpc) is 3.36. The molecule has 2 aromatic carbocycles. The Morgan fingerprint density at radius 2 is 1.90 bits per heavy atom. The lowest BCUT2D eigenvalue weighted by atomic mass is 10.1. The van der Waals surface area contributed by atoms with Crippen molar-refractivity contribution in [3.63, 3.8) is 0 Å². The molecular weight excluding hydrogens is 398 g/mol. The molecule has 7 heteroatoms. The predicted molar refractivity (Wildman–Crippen MR) is 120 cm³/mol. The van der Waals surface area contributed by atoms with Crippen LogP contribution >= 0.6 is 11.6 Å². The molecule has 2 amide bonds. The third-order valence-electron chi connectivity index (χ3n) is 5.14. The van der Waals surface area contributed by atoms with E-state index in [-0.39, 0.29) is 12.1 Å². The second kappa shape index (κ2) is 9.05. The summed E-state index contributed by atoms with van der Waals surface area (Å²) in [5, 5.41) is 7.87. The fourth-order valence-electron chi connectivity index (χ4n) is 3.58. The highest BCUT2D eigenvalue weighted by molar-refractivity contribution is 6.30. The summed E-state index contributed by atoms with van der Waals surface area (Å²) in [5.74, 6) is 0.756. The normalized spacial score (nSPS) is 12.1. The summed E-state index contributed by atoms with van der Waals surface area (Å²) < 4.78 is 4.11. The Balaban J connectivity index is 1.36. The minimum atomic E-state index is -0.365. The number of aromatic nitrogens is 3. The number of fused-ring (bicyclic) bond motifs is 1. The van der Waals surface area contributed by atoms with Gasteiger partial charge < -0.3 is 19.8 Å². The maximum absolute atomic E-state index is 12.6. The molecule has 2 aromatic heterocycles. The van der Waals surface area contributed by atoms with Crippen molar-refractivity contribution < 1.29 is 4.79 Å². The molecule has 1 atom stereocenters. The Morgan fingerprint density at radius 3 is 2.67 bits per heavy atom. The molecule has 0 aliphatic carbocycles. The smallest absolute Gasteiger partial charge is 0.315 e. The van der Waals surface area contributed by atoms with Gasteiger partial charge in [0, 0.05) is 49.3 Å². The number of halogens is 1. The first-order chi connectivity index (χ1) is 14.6. The second-order valence-corrected chi connectivity index (χ2v) is 7.64. The van der Waals surface area contributed by atoms with E-state index in [0.717, 1.165) is 24.4 Å². The predicted octanol–water partition coefficient (Wildman–Crippen LogP) is 4.51. The van der Waals surface area contributed by atoms with Crippen LogP contribution in [0.25, 0.3) is 10.9 Å². The third-order valence-corrected chi connectivity index (χ3v) is 5.39. The van der Waals surface area contributed by atoms with Crippen molar-refractivity contribution in [2.24, 2.45) is 7.05 Å². The molecule has 0 fully saturated rings. The standard InChI is InChI=1S/C23H24ClN5O/c1-28-16-13-25-22(28)21(18-7-9-19(24)10-8-18)27-23(30)26-12-4-14-29-15-11-17-5-2-3-6-20(17)29/h2-3,5-11,13,15-16,21H,4,12,14H2,1H3,(H2,26,27,30). The number of nitrogens with one attached hydrogen (secondary N) is 2. The van der Waals surface area contributed by atoms with Crippen LogP contribution in [0.2, 0.25) is 5.02 Å². The minimum Gasteiger partial charge on any atom is -0.347 e. The molecule has 0 aliphatic heterocycles. The summed E-state index contributed by atoms with van der Waals surface area (Å²) in [7, 11) is 1.91. The van der Waals surface area contributed by atoms with E-state index in [4.69, 9.17) is 11.6 Å². The number of imidazole rings is 1. The molecule has 30 heavy (non-hydrogen) atoms. The van der Waals surface area contributed by atoms with Gasteiger partial charge in [-0.2, -0.15) is 0 Å². The van der Waals surface area contributed by atoms with Crippen molar-refractivity contribution in [1.82, 2.24) is 24.8 Å². The minimum absolute atomic E-state index is 0.227. The molecular formula is C23H24ClN5O. The van der Waals surface area contributed by atoms with Crippen molar-refractivity contribution in [1.29, 1.82) is 0 Å². The topological polar surface area (TPSA) is 63.9 Å². The van der Waals surface area contributed by atoms with E-state index in [1.165, 1.54) is 10.9 Å². The summed E-state index contributed by atoms with van der Waals surface area (Å²) in [6.07, 6.45) is 6.50. The fourth-order valence-corrected chi connectivity index (χ4v) is 3.70. The van der Waals surface area contributed by atoms with E-state index in [2.05, 4.69) is 44.6 Å². The quantitative estimate of drug-likeness (QED) is 0.431. The zero-order chi connectivity index (χ0) is 20.9. The Labute approximate surface area is 180 Å². The van der Waals surface area contributed by atoms with Gasteiger partial charge in [0.15, 0.2) is 0 Å². The second-order valence-electron chi connectivity index (χ2n) is 7.20. The van der Waals surface area contributed by atoms with Gasteiger partial charge in [-0.15, -0.1) is 0 Å². The van der Waals surface area contributed by atoms with Crippen LogP contribution in [-0.2, 0) is 13.6 Å². The van der Waals surface area contributed by atoms with Crippen molar-refractivity contribution >= 4 is 28.5 Å². The van der Waals surface area contributed by atoms with Gasteiger partial charge in [-0.05, 0) is 41.6 Å². The summed E-state index contributed by atoms with van der Waals surface area (Å²) in [6.45, 7) is 1.42. The van der Waals surface area contributed by atoms with Crippen LogP contribution in [0.3, 0.4) is 0 Å². The molecule has 6 nitrogen and oxygen atoms in total. The van der Waals surface area contributed by atoms with Gasteiger partial charge >= 0.3 is 6.03 Å². The monoisotopic (exact) mass is 421 g/mol. The average molecular weight is 422 g/mol. The zero-order valence-corrected chi connectivity index (χ0v) is 17.5. The van der Waals surface area contributed by atoms with E-state index >= 15 is 0 Å². The lowest BCUT2D eigenvalue weighted by molar-refractivity contribution is 0.238. The number of amides is 2. The number of benzene rings is 2. The van der Waals surface area contributed by atoms with Gasteiger partial charge in [0.05, 0.1) is 0 Å². The highest BCUT2D eigenvalue weighted by atomic mass is 35.5. The zero-order valence-electron chi connectivity index (χ0n) is 16.8. The summed E-state index contributed by atoms with van der Waals surface area (Å²) in [6, 6.07) is 17.2. The molecule has 0 aliphatic rings. The van der Waals surface area contributed by atoms with Crippen LogP contribution in [0.5, 0.6) is 0 Å². The molecule has 0 saturated heterocycles. The first-order valence-electron chi connectivity index (χ1n) is 9.93. The molecule has 1 unspecified atom stereocenters. The highest BCUT2D eigenvalue weighted by Gasteiger charge is 2.20. The van der Waals surface area contributed by atoms with Crippen LogP contribution in [-0.4, -0.2) is 26.7 Å². The Morgan fingerprint density at radius 1 is 1.10 bits per heavy atom. The molecule has 2 N–H and O–H groups in total. The van der Waals surface area contributed by atoms with Crippen molar-refractivity contribution in [3.8, 4) is 0 Å². The van der Waals surface area contributed by atoms with Crippen LogP contribution in [0.1, 0.15) is 23.9 Å². The molecule has 4 aromatic rings. The highest BCUT2D eigenvalue weighted by Crippen LogP contribution is 2.22. The number of hydrogen-bond acceptors (Lipinski definition) is 2. The van der Waals surface area contributed by atoms with E-state index < -0.39 is 0 Å². The van der Waals surface area contributed by atoms with Gasteiger partial charge in [0.2, 0.25) is 0 Å². The summed E-state index contributed by atoms with van der Waals surface area (Å²) in [5.41, 5.74) is 2.13. The summed E-state index contributed by atoms with van der Waals surface area (Å²) >= 11 is 6.02. The van der Waals surface area contributed by atoms with Crippen LogP contribution in [0, 0.1) is 0 Å². The maximum atomic E-state index is 12.6. The number of hydrogen-bond donors (Lipinski definition) is 2. The van der Waals surface area contributed by atoms with Gasteiger partial charge in [0.25, 0.3) is 0 Å². The number of para-hydroxylation sites is 1. The Kier molecular flexibility index (Phi) is 6.05. The van der Waals surface area contributed by atoms with Crippen LogP contribution in [0.15, 0.2) is 73.2 Å². The molecule has 154 valence electrons. The van der Waals surface area contributed by atoms with E-state index in [9.17, 15) is 4.79 Å². The third kappa shape index (κ3) is 4.49. The van der Waals surface area contributed by atoms with Gasteiger partial charge in [-0.25, -0.2) is 9.78 Å². The maximum Gasteiger partial charge on any atom is 0.315 e. The number of rotatable bonds is 7. The lowest BCUT2D eigenvalue weighted by Crippen LogP contribution is -2.39. The van der Waals surface area contributed by atoms with Crippen molar-refractivity contribution in [2.45, 2.75) is 19.0 Å². The molecule has 0 radical (unpaired) electrons. The van der Waals surface area contributed by atoms with Crippen LogP contribution < -0.4 is 10.6 Å². The van der Waals surface area contributed by atoms with Crippen molar-refractivity contribution in [3.05, 3.63) is 89.6 Å². The molecule has 0 spiro atoms. The van der Waals surface area contributed by atoms with E-state index in [1.54, 1.807) is 6.20 Å². The molecule has 0 saturated carbocycles. The fraction of sp³-hybridized carbons (Fsp3) is 0.217. The SMILES string of the molecule is Cn1ccnc1C(NC(=O)NCCCn1ccc2ccccc21)c1ccc(Cl)cc1. The lowest BCUT2D eigenvalue weighted by Gasteiger charge is -2.19. The van der Waals surface area contributed by atoms with Crippen molar-refractivity contribution in [2.75, 3.05) is 6.54 Å². The van der Waals surface area contributed by atoms with Gasteiger partial charge in [-0.1, -0.05) is 41.9 Å². The first kappa shape index (κ1) is 20.0. The number of nitrogens with zero attached hydrogens (tertiary/aromatic N) is 3. The number of aryl methyl sites for hydroxylation is 2. The number of carbonyl (C=O) groups is 1. The number of carbonyl (C=O) groups excluding carboxylic acids is 1. The molecule has 0 bridgehead atoms. The molecule has 2 heterocycles.